The summed E-state index contributed by atoms with van der Waals surface area (Å²) in [7, 11) is -3.93. The average molecular weight is 551 g/mol. The fraction of sp³-hybridized carbons (Fsp3) is 0.148. The molecular formula is C27H23ClN4O3S2. The summed E-state index contributed by atoms with van der Waals surface area (Å²) in [5, 5.41) is 3.62. The highest BCUT2D eigenvalue weighted by molar-refractivity contribution is 7.99. The van der Waals surface area contributed by atoms with Gasteiger partial charge in [-0.3, -0.25) is 9.10 Å². The number of rotatable bonds is 7. The molecule has 0 atom stereocenters. The predicted molar refractivity (Wildman–Crippen MR) is 147 cm³/mol. The number of hydrogen-bond acceptors (Lipinski definition) is 6. The maximum Gasteiger partial charge on any atom is 0.268 e. The maximum atomic E-state index is 13.6. The van der Waals surface area contributed by atoms with Crippen molar-refractivity contribution in [2.24, 2.45) is 0 Å². The molecule has 0 fully saturated rings. The van der Waals surface area contributed by atoms with E-state index in [1.54, 1.807) is 18.2 Å². The number of halogens is 1. The molecular weight excluding hydrogens is 528 g/mol. The highest BCUT2D eigenvalue weighted by atomic mass is 35.5. The Bertz CT molecular complexity index is 1560. The monoisotopic (exact) mass is 550 g/mol. The van der Waals surface area contributed by atoms with Gasteiger partial charge in [0.15, 0.2) is 5.16 Å². The van der Waals surface area contributed by atoms with Crippen molar-refractivity contribution >= 4 is 50.7 Å². The van der Waals surface area contributed by atoms with Crippen LogP contribution in [0.3, 0.4) is 0 Å². The van der Waals surface area contributed by atoms with Crippen molar-refractivity contribution in [1.29, 1.82) is 0 Å². The van der Waals surface area contributed by atoms with E-state index in [1.165, 1.54) is 16.1 Å². The minimum absolute atomic E-state index is 0.00279. The summed E-state index contributed by atoms with van der Waals surface area (Å²) < 4.78 is 28.6. The molecule has 10 heteroatoms. The van der Waals surface area contributed by atoms with Crippen LogP contribution in [-0.2, 0) is 27.8 Å². The summed E-state index contributed by atoms with van der Waals surface area (Å²) in [6.45, 7) is 2.23. The first kappa shape index (κ1) is 25.3. The fourth-order valence-corrected chi connectivity index (χ4v) is 6.39. The Morgan fingerprint density at radius 2 is 1.78 bits per heavy atom. The predicted octanol–water partition coefficient (Wildman–Crippen LogP) is 5.80. The number of sulfonamides is 1. The molecule has 0 bridgehead atoms. The zero-order chi connectivity index (χ0) is 26.0. The van der Waals surface area contributed by atoms with Crippen molar-refractivity contribution in [2.75, 3.05) is 15.4 Å². The molecule has 37 heavy (non-hydrogen) atoms. The highest BCUT2D eigenvalue weighted by Crippen LogP contribution is 2.44. The second-order valence-corrected chi connectivity index (χ2v) is 11.6. The van der Waals surface area contributed by atoms with Gasteiger partial charge in [-0.15, -0.1) is 0 Å². The Labute approximate surface area is 225 Å². The van der Waals surface area contributed by atoms with E-state index in [0.29, 0.717) is 27.1 Å². The molecule has 2 heterocycles. The molecule has 0 spiro atoms. The number of benzene rings is 3. The number of hydrogen-bond donors (Lipinski definition) is 1. The van der Waals surface area contributed by atoms with Crippen LogP contribution >= 0.6 is 23.4 Å². The van der Waals surface area contributed by atoms with Gasteiger partial charge in [0.1, 0.15) is 4.90 Å². The summed E-state index contributed by atoms with van der Waals surface area (Å²) in [6.07, 6.45) is 2.23. The second-order valence-electron chi connectivity index (χ2n) is 8.41. The summed E-state index contributed by atoms with van der Waals surface area (Å²) in [5.74, 6) is -0.135. The quantitative estimate of drug-likeness (QED) is 0.231. The molecule has 4 aromatic rings. The van der Waals surface area contributed by atoms with E-state index in [4.69, 9.17) is 11.6 Å². The number of fused-ring (bicyclic) bond motifs is 3. The SMILES string of the molecule is CCc1ccc(NC(=O)CSc2ncc3c(n2)-c2cc(Cl)ccc2N(Cc2ccccc2)S3(=O)=O)cc1. The first-order valence-electron chi connectivity index (χ1n) is 11.6. The summed E-state index contributed by atoms with van der Waals surface area (Å²) in [4.78, 5) is 21.3. The normalized spacial score (nSPS) is 13.5. The number of nitrogens with one attached hydrogen (secondary N) is 1. The molecule has 1 aromatic heterocycles. The van der Waals surface area contributed by atoms with E-state index in [-0.39, 0.29) is 28.8 Å². The maximum absolute atomic E-state index is 13.6. The zero-order valence-electron chi connectivity index (χ0n) is 19.9. The van der Waals surface area contributed by atoms with E-state index in [1.807, 2.05) is 54.6 Å². The fourth-order valence-electron chi connectivity index (χ4n) is 4.04. The third kappa shape index (κ3) is 5.34. The van der Waals surface area contributed by atoms with Crippen molar-refractivity contribution in [1.82, 2.24) is 9.97 Å². The lowest BCUT2D eigenvalue weighted by Gasteiger charge is -2.31. The van der Waals surface area contributed by atoms with Gasteiger partial charge < -0.3 is 5.32 Å². The molecule has 1 aliphatic rings. The van der Waals surface area contributed by atoms with Crippen molar-refractivity contribution in [3.05, 3.63) is 95.1 Å². The minimum Gasteiger partial charge on any atom is -0.325 e. The lowest BCUT2D eigenvalue weighted by molar-refractivity contribution is -0.113. The van der Waals surface area contributed by atoms with Crippen LogP contribution in [0.5, 0.6) is 0 Å². The number of aromatic nitrogens is 2. The van der Waals surface area contributed by atoms with Crippen LogP contribution in [0.4, 0.5) is 11.4 Å². The molecule has 3 aromatic carbocycles. The lowest BCUT2D eigenvalue weighted by Crippen LogP contribution is -2.34. The molecule has 1 amide bonds. The summed E-state index contributed by atoms with van der Waals surface area (Å²) in [6, 6.07) is 22.1. The number of thioether (sulfide) groups is 1. The molecule has 5 rings (SSSR count). The Balaban J connectivity index is 1.41. The molecule has 7 nitrogen and oxygen atoms in total. The highest BCUT2D eigenvalue weighted by Gasteiger charge is 2.37. The first-order valence-corrected chi connectivity index (χ1v) is 14.4. The summed E-state index contributed by atoms with van der Waals surface area (Å²) in [5.41, 5.74) is 4.10. The zero-order valence-corrected chi connectivity index (χ0v) is 22.3. The van der Waals surface area contributed by atoms with Gasteiger partial charge in [0.25, 0.3) is 10.0 Å². The third-order valence-electron chi connectivity index (χ3n) is 5.93. The number of carbonyl (C=O) groups is 1. The van der Waals surface area contributed by atoms with E-state index in [9.17, 15) is 13.2 Å². The van der Waals surface area contributed by atoms with Crippen molar-refractivity contribution in [2.45, 2.75) is 29.9 Å². The van der Waals surface area contributed by atoms with E-state index in [2.05, 4.69) is 22.2 Å². The van der Waals surface area contributed by atoms with Gasteiger partial charge in [0, 0.05) is 16.3 Å². The van der Waals surface area contributed by atoms with Gasteiger partial charge in [-0.1, -0.05) is 72.8 Å². The van der Waals surface area contributed by atoms with Gasteiger partial charge in [-0.05, 0) is 47.9 Å². The third-order valence-corrected chi connectivity index (χ3v) is 8.79. The summed E-state index contributed by atoms with van der Waals surface area (Å²) >= 11 is 7.43. The van der Waals surface area contributed by atoms with Crippen LogP contribution < -0.4 is 9.62 Å². The molecule has 0 aliphatic carbocycles. The Morgan fingerprint density at radius 1 is 1.03 bits per heavy atom. The van der Waals surface area contributed by atoms with Gasteiger partial charge in [-0.25, -0.2) is 18.4 Å². The van der Waals surface area contributed by atoms with Crippen LogP contribution in [0.2, 0.25) is 5.02 Å². The van der Waals surface area contributed by atoms with Crippen LogP contribution in [0, 0.1) is 0 Å². The van der Waals surface area contributed by atoms with E-state index in [0.717, 1.165) is 23.7 Å². The van der Waals surface area contributed by atoms with Crippen molar-refractivity contribution in [3.8, 4) is 11.3 Å². The van der Waals surface area contributed by atoms with Crippen LogP contribution in [0.25, 0.3) is 11.3 Å². The minimum atomic E-state index is -3.93. The molecule has 188 valence electrons. The lowest BCUT2D eigenvalue weighted by atomic mass is 10.1. The largest absolute Gasteiger partial charge is 0.325 e. The Hall–Kier alpha value is -3.40. The molecule has 0 saturated carbocycles. The number of carbonyl (C=O) groups excluding carboxylic acids is 1. The van der Waals surface area contributed by atoms with Gasteiger partial charge in [0.2, 0.25) is 5.91 Å². The average Bonchev–Trinajstić information content (AvgIpc) is 2.91. The van der Waals surface area contributed by atoms with Gasteiger partial charge in [-0.2, -0.15) is 0 Å². The topological polar surface area (TPSA) is 92.3 Å². The van der Waals surface area contributed by atoms with Crippen LogP contribution in [0.1, 0.15) is 18.1 Å². The number of aryl methyl sites for hydroxylation is 1. The Morgan fingerprint density at radius 3 is 2.51 bits per heavy atom. The molecule has 0 unspecified atom stereocenters. The molecule has 0 radical (unpaired) electrons. The molecule has 1 N–H and O–H groups in total. The van der Waals surface area contributed by atoms with Crippen LogP contribution in [-0.4, -0.2) is 30.0 Å². The van der Waals surface area contributed by atoms with Crippen LogP contribution in [0.15, 0.2) is 89.0 Å². The van der Waals surface area contributed by atoms with Gasteiger partial charge in [0.05, 0.1) is 29.9 Å². The van der Waals surface area contributed by atoms with Gasteiger partial charge >= 0.3 is 0 Å². The number of nitrogens with zero attached hydrogens (tertiary/aromatic N) is 3. The number of anilines is 2. The number of amides is 1. The molecule has 1 aliphatic heterocycles. The van der Waals surface area contributed by atoms with E-state index < -0.39 is 10.0 Å². The first-order chi connectivity index (χ1) is 17.8. The van der Waals surface area contributed by atoms with E-state index >= 15 is 0 Å². The van der Waals surface area contributed by atoms with Crippen molar-refractivity contribution < 1.29 is 13.2 Å². The Kier molecular flexibility index (Phi) is 7.19. The van der Waals surface area contributed by atoms with Crippen molar-refractivity contribution in [3.63, 3.8) is 0 Å². The second kappa shape index (κ2) is 10.5. The smallest absolute Gasteiger partial charge is 0.268 e. The standard InChI is InChI=1S/C27H23ClN4O3S2/c1-2-18-8-11-21(12-9-18)30-25(33)17-36-27-29-15-24-26(31-27)22-14-20(28)10-13-23(22)32(37(24,34)35)16-19-6-4-3-5-7-19/h3-15H,2,16-17H2,1H3,(H,30,33). The molecule has 0 saturated heterocycles.